The lowest BCUT2D eigenvalue weighted by Gasteiger charge is -2.25. The van der Waals surface area contributed by atoms with Gasteiger partial charge in [0, 0.05) is 12.6 Å². The Balaban J connectivity index is 1.66. The van der Waals surface area contributed by atoms with Crippen LogP contribution in [0.4, 0.5) is 0 Å². The summed E-state index contributed by atoms with van der Waals surface area (Å²) < 4.78 is 0. The quantitative estimate of drug-likeness (QED) is 0.782. The summed E-state index contributed by atoms with van der Waals surface area (Å²) in [5.74, 6) is 0.753. The molecular weight excluding hydrogens is 244 g/mol. The molecule has 20 heavy (non-hydrogen) atoms. The molecule has 0 saturated carbocycles. The third kappa shape index (κ3) is 5.26. The number of benzene rings is 1. The molecule has 0 amide bonds. The molecule has 1 aliphatic heterocycles. The van der Waals surface area contributed by atoms with Crippen LogP contribution in [0.25, 0.3) is 0 Å². The molecule has 1 fully saturated rings. The maximum absolute atomic E-state index is 3.62. The van der Waals surface area contributed by atoms with Crippen LogP contribution in [0.5, 0.6) is 0 Å². The zero-order valence-electron chi connectivity index (χ0n) is 13.1. The Hall–Kier alpha value is -0.860. The molecule has 1 unspecified atom stereocenters. The van der Waals surface area contributed by atoms with Gasteiger partial charge in [-0.25, -0.2) is 0 Å². The van der Waals surface area contributed by atoms with Crippen LogP contribution in [-0.2, 0) is 6.42 Å². The largest absolute Gasteiger partial charge is 0.315 e. The van der Waals surface area contributed by atoms with Gasteiger partial charge in [0.15, 0.2) is 0 Å². The van der Waals surface area contributed by atoms with Crippen LogP contribution in [-0.4, -0.2) is 37.1 Å². The molecule has 1 saturated heterocycles. The molecule has 112 valence electrons. The van der Waals surface area contributed by atoms with Crippen molar-refractivity contribution in [3.05, 3.63) is 35.9 Å². The molecule has 0 spiro atoms. The van der Waals surface area contributed by atoms with Crippen molar-refractivity contribution in [1.82, 2.24) is 10.2 Å². The van der Waals surface area contributed by atoms with E-state index in [2.05, 4.69) is 54.4 Å². The first kappa shape index (κ1) is 15.5. The first-order chi connectivity index (χ1) is 9.75. The Morgan fingerprint density at radius 3 is 2.80 bits per heavy atom. The predicted molar refractivity (Wildman–Crippen MR) is 87.1 cm³/mol. The van der Waals surface area contributed by atoms with Gasteiger partial charge in [0.2, 0.25) is 0 Å². The van der Waals surface area contributed by atoms with E-state index in [9.17, 15) is 0 Å². The second-order valence-electron chi connectivity index (χ2n) is 6.47. The van der Waals surface area contributed by atoms with Gasteiger partial charge < -0.3 is 5.32 Å². The van der Waals surface area contributed by atoms with Crippen molar-refractivity contribution in [2.45, 2.75) is 45.6 Å². The average Bonchev–Trinajstić information content (AvgIpc) is 2.87. The van der Waals surface area contributed by atoms with Gasteiger partial charge in [-0.3, -0.25) is 4.90 Å². The number of nitrogens with one attached hydrogen (secondary N) is 1. The van der Waals surface area contributed by atoms with E-state index < -0.39 is 0 Å². The van der Waals surface area contributed by atoms with Crippen LogP contribution >= 0.6 is 0 Å². The zero-order valence-corrected chi connectivity index (χ0v) is 13.1. The van der Waals surface area contributed by atoms with Gasteiger partial charge in [-0.15, -0.1) is 0 Å². The predicted octanol–water partition coefficient (Wildman–Crippen LogP) is 3.33. The van der Waals surface area contributed by atoms with Crippen molar-refractivity contribution in [1.29, 1.82) is 0 Å². The zero-order chi connectivity index (χ0) is 14.2. The number of likely N-dealkylation sites (tertiary alicyclic amines) is 1. The number of hydrogen-bond donors (Lipinski definition) is 1. The smallest absolute Gasteiger partial charge is 0.0221 e. The monoisotopic (exact) mass is 274 g/mol. The minimum Gasteiger partial charge on any atom is -0.315 e. The van der Waals surface area contributed by atoms with Crippen molar-refractivity contribution in [3.63, 3.8) is 0 Å². The highest BCUT2D eigenvalue weighted by Gasteiger charge is 2.23. The van der Waals surface area contributed by atoms with E-state index in [1.54, 1.807) is 0 Å². The standard InChI is InChI=1S/C18H30N2/c1-16(2)14-19-15-18-11-7-13-20(18)12-6-10-17-8-4-3-5-9-17/h3-5,8-9,16,18-19H,6-7,10-15H2,1-2H3. The number of hydrogen-bond acceptors (Lipinski definition) is 2. The van der Waals surface area contributed by atoms with E-state index in [0.29, 0.717) is 0 Å². The maximum Gasteiger partial charge on any atom is 0.0221 e. The molecule has 1 heterocycles. The molecule has 1 atom stereocenters. The third-order valence-electron chi connectivity index (χ3n) is 4.19. The highest BCUT2D eigenvalue weighted by atomic mass is 15.2. The minimum absolute atomic E-state index is 0.753. The van der Waals surface area contributed by atoms with Gasteiger partial charge in [-0.2, -0.15) is 0 Å². The lowest BCUT2D eigenvalue weighted by molar-refractivity contribution is 0.243. The summed E-state index contributed by atoms with van der Waals surface area (Å²) in [5, 5.41) is 3.62. The van der Waals surface area contributed by atoms with Crippen LogP contribution < -0.4 is 5.32 Å². The lowest BCUT2D eigenvalue weighted by Crippen LogP contribution is -2.39. The molecular formula is C18H30N2. The summed E-state index contributed by atoms with van der Waals surface area (Å²) >= 11 is 0. The summed E-state index contributed by atoms with van der Waals surface area (Å²) in [6.07, 6.45) is 5.24. The summed E-state index contributed by atoms with van der Waals surface area (Å²) in [4.78, 5) is 2.69. The molecule has 1 aromatic rings. The summed E-state index contributed by atoms with van der Waals surface area (Å²) in [7, 11) is 0. The number of rotatable bonds is 8. The molecule has 0 aromatic heterocycles. The maximum atomic E-state index is 3.62. The van der Waals surface area contributed by atoms with Crippen molar-refractivity contribution >= 4 is 0 Å². The highest BCUT2D eigenvalue weighted by Crippen LogP contribution is 2.17. The van der Waals surface area contributed by atoms with Gasteiger partial charge in [0.25, 0.3) is 0 Å². The number of nitrogens with zero attached hydrogens (tertiary/aromatic N) is 1. The molecule has 2 rings (SSSR count). The second kappa shape index (κ2) is 8.43. The fraction of sp³-hybridized carbons (Fsp3) is 0.667. The van der Waals surface area contributed by atoms with E-state index in [4.69, 9.17) is 0 Å². The van der Waals surface area contributed by atoms with Gasteiger partial charge in [-0.1, -0.05) is 44.2 Å². The van der Waals surface area contributed by atoms with Crippen molar-refractivity contribution in [2.75, 3.05) is 26.2 Å². The van der Waals surface area contributed by atoms with E-state index in [0.717, 1.165) is 18.5 Å². The fourth-order valence-corrected chi connectivity index (χ4v) is 3.09. The van der Waals surface area contributed by atoms with Gasteiger partial charge in [0.1, 0.15) is 0 Å². The van der Waals surface area contributed by atoms with E-state index in [-0.39, 0.29) is 0 Å². The van der Waals surface area contributed by atoms with Crippen LogP contribution in [0.3, 0.4) is 0 Å². The molecule has 2 heteroatoms. The topological polar surface area (TPSA) is 15.3 Å². The van der Waals surface area contributed by atoms with E-state index >= 15 is 0 Å². The summed E-state index contributed by atoms with van der Waals surface area (Å²) in [6.45, 7) is 9.42. The molecule has 1 aromatic carbocycles. The van der Waals surface area contributed by atoms with Crippen LogP contribution in [0.15, 0.2) is 30.3 Å². The Bertz CT molecular complexity index is 361. The summed E-state index contributed by atoms with van der Waals surface area (Å²) in [5.41, 5.74) is 1.47. The second-order valence-corrected chi connectivity index (χ2v) is 6.47. The normalized spacial score (nSPS) is 19.9. The highest BCUT2D eigenvalue weighted by molar-refractivity contribution is 5.14. The Morgan fingerprint density at radius 2 is 2.05 bits per heavy atom. The Morgan fingerprint density at radius 1 is 1.25 bits per heavy atom. The van der Waals surface area contributed by atoms with Gasteiger partial charge in [-0.05, 0) is 56.8 Å². The SMILES string of the molecule is CC(C)CNCC1CCCN1CCCc1ccccc1. The Labute approximate surface area is 124 Å². The average molecular weight is 274 g/mol. The third-order valence-corrected chi connectivity index (χ3v) is 4.19. The molecule has 1 N–H and O–H groups in total. The van der Waals surface area contributed by atoms with E-state index in [1.807, 2.05) is 0 Å². The van der Waals surface area contributed by atoms with Crippen LogP contribution in [0.2, 0.25) is 0 Å². The van der Waals surface area contributed by atoms with Crippen molar-refractivity contribution in [2.24, 2.45) is 5.92 Å². The first-order valence-electron chi connectivity index (χ1n) is 8.24. The molecule has 0 radical (unpaired) electrons. The van der Waals surface area contributed by atoms with Crippen LogP contribution in [0, 0.1) is 5.92 Å². The lowest BCUT2D eigenvalue weighted by atomic mass is 10.1. The van der Waals surface area contributed by atoms with Gasteiger partial charge >= 0.3 is 0 Å². The van der Waals surface area contributed by atoms with Crippen molar-refractivity contribution in [3.8, 4) is 0 Å². The molecule has 1 aliphatic rings. The molecule has 0 aliphatic carbocycles. The van der Waals surface area contributed by atoms with E-state index in [1.165, 1.54) is 50.9 Å². The fourth-order valence-electron chi connectivity index (χ4n) is 3.09. The minimum atomic E-state index is 0.753. The van der Waals surface area contributed by atoms with Crippen LogP contribution in [0.1, 0.15) is 38.7 Å². The Kier molecular flexibility index (Phi) is 6.55. The summed E-state index contributed by atoms with van der Waals surface area (Å²) in [6, 6.07) is 11.6. The molecule has 2 nitrogen and oxygen atoms in total. The molecule has 0 bridgehead atoms. The van der Waals surface area contributed by atoms with Crippen molar-refractivity contribution < 1.29 is 0 Å². The first-order valence-corrected chi connectivity index (χ1v) is 8.24. The van der Waals surface area contributed by atoms with Gasteiger partial charge in [0.05, 0.1) is 0 Å². The number of aryl methyl sites for hydroxylation is 1.